The number of hydrogen-bond donors (Lipinski definition) is 1. The van der Waals surface area contributed by atoms with E-state index in [2.05, 4.69) is 4.98 Å². The van der Waals surface area contributed by atoms with Gasteiger partial charge in [-0.25, -0.2) is 13.2 Å². The van der Waals surface area contributed by atoms with Crippen molar-refractivity contribution in [3.8, 4) is 0 Å². The SMILES string of the molecule is CC(C)c1ccc2[nH]c(=O)n(CC3CCS(=O)(=O)C3)c(=O)c2c1. The van der Waals surface area contributed by atoms with Crippen molar-refractivity contribution in [2.75, 3.05) is 11.5 Å². The number of aromatic nitrogens is 2. The van der Waals surface area contributed by atoms with E-state index in [1.54, 1.807) is 12.1 Å². The predicted octanol–water partition coefficient (Wildman–Crippen LogP) is 1.25. The van der Waals surface area contributed by atoms with Gasteiger partial charge in [-0.2, -0.15) is 0 Å². The molecule has 1 N–H and O–H groups in total. The molecule has 1 unspecified atom stereocenters. The Labute approximate surface area is 134 Å². The van der Waals surface area contributed by atoms with Gasteiger partial charge in [0.25, 0.3) is 5.56 Å². The zero-order valence-electron chi connectivity index (χ0n) is 13.2. The van der Waals surface area contributed by atoms with Gasteiger partial charge in [0.2, 0.25) is 0 Å². The van der Waals surface area contributed by atoms with Crippen LogP contribution in [0.4, 0.5) is 0 Å². The number of nitrogens with one attached hydrogen (secondary N) is 1. The lowest BCUT2D eigenvalue weighted by Crippen LogP contribution is -2.37. The lowest BCUT2D eigenvalue weighted by Gasteiger charge is -2.12. The minimum absolute atomic E-state index is 0.0446. The maximum atomic E-state index is 12.7. The minimum atomic E-state index is -3.03. The third-order valence-electron chi connectivity index (χ3n) is 4.44. The summed E-state index contributed by atoms with van der Waals surface area (Å²) in [5.74, 6) is 0.280. The Morgan fingerprint density at radius 3 is 2.65 bits per heavy atom. The third kappa shape index (κ3) is 3.10. The molecule has 6 nitrogen and oxygen atoms in total. The molecule has 1 atom stereocenters. The number of sulfone groups is 1. The van der Waals surface area contributed by atoms with Crippen molar-refractivity contribution in [2.24, 2.45) is 5.92 Å². The molecule has 1 aliphatic rings. The quantitative estimate of drug-likeness (QED) is 0.913. The van der Waals surface area contributed by atoms with Gasteiger partial charge in [-0.05, 0) is 36.0 Å². The molecule has 0 bridgehead atoms. The molecule has 0 saturated carbocycles. The Kier molecular flexibility index (Phi) is 3.91. The molecular weight excluding hydrogens is 316 g/mol. The molecule has 1 fully saturated rings. The summed E-state index contributed by atoms with van der Waals surface area (Å²) in [7, 11) is -3.03. The lowest BCUT2D eigenvalue weighted by molar-refractivity contribution is 0.468. The molecule has 0 aliphatic carbocycles. The van der Waals surface area contributed by atoms with Crippen molar-refractivity contribution in [1.29, 1.82) is 0 Å². The van der Waals surface area contributed by atoms with E-state index in [4.69, 9.17) is 0 Å². The molecule has 1 aliphatic heterocycles. The first kappa shape index (κ1) is 16.0. The van der Waals surface area contributed by atoms with Gasteiger partial charge in [0.1, 0.15) is 0 Å². The maximum Gasteiger partial charge on any atom is 0.328 e. The number of aromatic amines is 1. The van der Waals surface area contributed by atoms with Gasteiger partial charge in [-0.1, -0.05) is 19.9 Å². The van der Waals surface area contributed by atoms with Crippen molar-refractivity contribution in [1.82, 2.24) is 9.55 Å². The zero-order valence-corrected chi connectivity index (χ0v) is 14.0. The van der Waals surface area contributed by atoms with Crippen LogP contribution in [0.15, 0.2) is 27.8 Å². The fourth-order valence-corrected chi connectivity index (χ4v) is 4.92. The topological polar surface area (TPSA) is 89.0 Å². The zero-order chi connectivity index (χ0) is 16.8. The van der Waals surface area contributed by atoms with E-state index in [-0.39, 0.29) is 35.4 Å². The van der Waals surface area contributed by atoms with Crippen LogP contribution >= 0.6 is 0 Å². The number of nitrogens with zero attached hydrogens (tertiary/aromatic N) is 1. The van der Waals surface area contributed by atoms with Gasteiger partial charge in [-0.3, -0.25) is 9.36 Å². The molecule has 0 amide bonds. The third-order valence-corrected chi connectivity index (χ3v) is 6.28. The van der Waals surface area contributed by atoms with Crippen molar-refractivity contribution in [3.05, 3.63) is 44.6 Å². The Hall–Kier alpha value is -1.89. The van der Waals surface area contributed by atoms with Crippen LogP contribution < -0.4 is 11.2 Å². The molecule has 3 rings (SSSR count). The standard InChI is InChI=1S/C16H20N2O4S/c1-10(2)12-3-4-14-13(7-12)15(19)18(16(20)17-14)8-11-5-6-23(21,22)9-11/h3-4,7,10-11H,5-6,8-9H2,1-2H3,(H,17,20). The first-order valence-corrected chi connectivity index (χ1v) is 9.56. The molecule has 1 aromatic carbocycles. The first-order valence-electron chi connectivity index (χ1n) is 7.74. The number of H-pyrrole nitrogens is 1. The lowest BCUT2D eigenvalue weighted by atomic mass is 10.0. The Balaban J connectivity index is 2.07. The van der Waals surface area contributed by atoms with E-state index in [1.807, 2.05) is 19.9 Å². The average Bonchev–Trinajstić information content (AvgIpc) is 2.82. The van der Waals surface area contributed by atoms with E-state index in [0.717, 1.165) is 10.1 Å². The Morgan fingerprint density at radius 2 is 2.04 bits per heavy atom. The number of benzene rings is 1. The van der Waals surface area contributed by atoms with Gasteiger partial charge in [0.15, 0.2) is 9.84 Å². The molecule has 2 heterocycles. The van der Waals surface area contributed by atoms with Crippen molar-refractivity contribution >= 4 is 20.7 Å². The molecule has 23 heavy (non-hydrogen) atoms. The summed E-state index contributed by atoms with van der Waals surface area (Å²) in [6.45, 7) is 4.22. The van der Waals surface area contributed by atoms with Crippen LogP contribution in [-0.2, 0) is 16.4 Å². The highest BCUT2D eigenvalue weighted by Crippen LogP contribution is 2.20. The second-order valence-electron chi connectivity index (χ2n) is 6.57. The van der Waals surface area contributed by atoms with Crippen LogP contribution in [0.3, 0.4) is 0 Å². The Bertz CT molecular complexity index is 970. The summed E-state index contributed by atoms with van der Waals surface area (Å²) in [5.41, 5.74) is 0.705. The summed E-state index contributed by atoms with van der Waals surface area (Å²) < 4.78 is 24.3. The van der Waals surface area contributed by atoms with Gasteiger partial charge >= 0.3 is 5.69 Å². The van der Waals surface area contributed by atoms with Crippen LogP contribution in [0.25, 0.3) is 10.9 Å². The van der Waals surface area contributed by atoms with Gasteiger partial charge < -0.3 is 4.98 Å². The highest BCUT2D eigenvalue weighted by Gasteiger charge is 2.28. The Morgan fingerprint density at radius 1 is 1.30 bits per heavy atom. The van der Waals surface area contributed by atoms with E-state index in [0.29, 0.717) is 17.3 Å². The second kappa shape index (κ2) is 5.63. The normalized spacial score (nSPS) is 20.4. The summed E-state index contributed by atoms with van der Waals surface area (Å²) in [6.07, 6.45) is 0.498. The summed E-state index contributed by atoms with van der Waals surface area (Å²) in [6, 6.07) is 5.45. The molecule has 2 aromatic rings. The van der Waals surface area contributed by atoms with Crippen LogP contribution in [-0.4, -0.2) is 29.5 Å². The highest BCUT2D eigenvalue weighted by molar-refractivity contribution is 7.91. The van der Waals surface area contributed by atoms with Crippen LogP contribution in [0, 0.1) is 5.92 Å². The van der Waals surface area contributed by atoms with Crippen molar-refractivity contribution in [3.63, 3.8) is 0 Å². The van der Waals surface area contributed by atoms with Crippen LogP contribution in [0.5, 0.6) is 0 Å². The van der Waals surface area contributed by atoms with Gasteiger partial charge in [0.05, 0.1) is 22.4 Å². The van der Waals surface area contributed by atoms with E-state index in [1.165, 1.54) is 0 Å². The van der Waals surface area contributed by atoms with E-state index in [9.17, 15) is 18.0 Å². The highest BCUT2D eigenvalue weighted by atomic mass is 32.2. The molecule has 1 saturated heterocycles. The number of fused-ring (bicyclic) bond motifs is 1. The maximum absolute atomic E-state index is 12.7. The molecular formula is C16H20N2O4S. The molecule has 1 aromatic heterocycles. The molecule has 0 spiro atoms. The fraction of sp³-hybridized carbons (Fsp3) is 0.500. The largest absolute Gasteiger partial charge is 0.328 e. The van der Waals surface area contributed by atoms with Gasteiger partial charge in [-0.15, -0.1) is 0 Å². The van der Waals surface area contributed by atoms with E-state index < -0.39 is 15.5 Å². The van der Waals surface area contributed by atoms with Crippen LogP contribution in [0.1, 0.15) is 31.7 Å². The number of hydrogen-bond acceptors (Lipinski definition) is 4. The average molecular weight is 336 g/mol. The van der Waals surface area contributed by atoms with Gasteiger partial charge in [0, 0.05) is 6.54 Å². The fourth-order valence-electron chi connectivity index (χ4n) is 3.07. The molecule has 7 heteroatoms. The van der Waals surface area contributed by atoms with Crippen molar-refractivity contribution in [2.45, 2.75) is 32.7 Å². The molecule has 0 radical (unpaired) electrons. The monoisotopic (exact) mass is 336 g/mol. The van der Waals surface area contributed by atoms with Crippen molar-refractivity contribution < 1.29 is 8.42 Å². The summed E-state index contributed by atoms with van der Waals surface area (Å²) in [4.78, 5) is 27.6. The summed E-state index contributed by atoms with van der Waals surface area (Å²) >= 11 is 0. The predicted molar refractivity (Wildman–Crippen MR) is 89.7 cm³/mol. The minimum Gasteiger partial charge on any atom is -0.307 e. The first-order chi connectivity index (χ1) is 10.8. The second-order valence-corrected chi connectivity index (χ2v) is 8.80. The number of rotatable bonds is 3. The summed E-state index contributed by atoms with van der Waals surface area (Å²) in [5, 5.41) is 0.469. The van der Waals surface area contributed by atoms with Crippen LogP contribution in [0.2, 0.25) is 0 Å². The van der Waals surface area contributed by atoms with E-state index >= 15 is 0 Å². The molecule has 124 valence electrons. The smallest absolute Gasteiger partial charge is 0.307 e.